The molecular formula is C20H13N5O2. The Labute approximate surface area is 153 Å². The van der Waals surface area contributed by atoms with E-state index in [2.05, 4.69) is 20.1 Å². The number of nitrogens with zero attached hydrogens (tertiary/aromatic N) is 4. The number of nitrogens with one attached hydrogen (secondary N) is 1. The monoisotopic (exact) mass is 355 g/mol. The summed E-state index contributed by atoms with van der Waals surface area (Å²) in [7, 11) is 0. The molecule has 0 aliphatic heterocycles. The molecule has 7 heteroatoms. The Kier molecular flexibility index (Phi) is 3.43. The molecule has 1 N–H and O–H groups in total. The van der Waals surface area contributed by atoms with Crippen LogP contribution in [0, 0.1) is 0 Å². The van der Waals surface area contributed by atoms with E-state index in [9.17, 15) is 4.79 Å². The minimum Gasteiger partial charge on any atom is -0.445 e. The number of aromatic amines is 1. The second-order valence-electron chi connectivity index (χ2n) is 5.98. The number of fused-ring (bicyclic) bond motifs is 1. The van der Waals surface area contributed by atoms with E-state index in [0.29, 0.717) is 28.6 Å². The highest BCUT2D eigenvalue weighted by Gasteiger charge is 2.10. The molecule has 0 fully saturated rings. The van der Waals surface area contributed by atoms with Gasteiger partial charge in [-0.3, -0.25) is 9.78 Å². The van der Waals surface area contributed by atoms with Crippen LogP contribution in [-0.4, -0.2) is 24.6 Å². The third kappa shape index (κ3) is 2.71. The maximum absolute atomic E-state index is 12.5. The lowest BCUT2D eigenvalue weighted by Crippen LogP contribution is -2.14. The lowest BCUT2D eigenvalue weighted by molar-refractivity contribution is 0.574. The standard InChI is InChI=1S/C20H13N5O2/c26-19-12-16(13-4-6-14(7-5-13)20-22-9-10-27-20)23-18-11-17(24-25(18)19)15-3-1-2-8-21-15/h1-12,23H. The van der Waals surface area contributed by atoms with Crippen LogP contribution in [0.1, 0.15) is 0 Å². The van der Waals surface area contributed by atoms with Gasteiger partial charge in [-0.1, -0.05) is 18.2 Å². The minimum absolute atomic E-state index is 0.210. The Morgan fingerprint density at radius 2 is 1.74 bits per heavy atom. The Hall–Kier alpha value is -4.00. The molecule has 27 heavy (non-hydrogen) atoms. The fraction of sp³-hybridized carbons (Fsp3) is 0. The molecule has 0 aliphatic carbocycles. The molecule has 0 spiro atoms. The molecule has 0 bridgehead atoms. The highest BCUT2D eigenvalue weighted by atomic mass is 16.3. The first-order valence-electron chi connectivity index (χ1n) is 8.33. The molecule has 0 unspecified atom stereocenters. The predicted octanol–water partition coefficient (Wildman–Crippen LogP) is 3.41. The maximum atomic E-state index is 12.5. The zero-order valence-corrected chi connectivity index (χ0v) is 14.0. The van der Waals surface area contributed by atoms with Gasteiger partial charge in [-0.15, -0.1) is 0 Å². The van der Waals surface area contributed by atoms with Crippen LogP contribution in [0.15, 0.2) is 82.5 Å². The molecule has 130 valence electrons. The third-order valence-electron chi connectivity index (χ3n) is 4.25. The van der Waals surface area contributed by atoms with Crippen molar-refractivity contribution in [3.8, 4) is 34.1 Å². The van der Waals surface area contributed by atoms with Gasteiger partial charge < -0.3 is 9.40 Å². The quantitative estimate of drug-likeness (QED) is 0.536. The fourth-order valence-corrected chi connectivity index (χ4v) is 2.95. The van der Waals surface area contributed by atoms with E-state index in [1.807, 2.05) is 48.5 Å². The number of pyridine rings is 1. The van der Waals surface area contributed by atoms with Gasteiger partial charge in [0.1, 0.15) is 17.6 Å². The minimum atomic E-state index is -0.210. The van der Waals surface area contributed by atoms with Crippen LogP contribution in [0.5, 0.6) is 0 Å². The zero-order chi connectivity index (χ0) is 18.2. The Morgan fingerprint density at radius 3 is 2.48 bits per heavy atom. The molecule has 1 aromatic carbocycles. The van der Waals surface area contributed by atoms with Crippen molar-refractivity contribution < 1.29 is 4.42 Å². The van der Waals surface area contributed by atoms with Gasteiger partial charge in [-0.05, 0) is 29.8 Å². The summed E-state index contributed by atoms with van der Waals surface area (Å²) in [4.78, 5) is 24.2. The number of oxazole rings is 1. The molecule has 0 radical (unpaired) electrons. The van der Waals surface area contributed by atoms with Crippen molar-refractivity contribution in [1.29, 1.82) is 0 Å². The van der Waals surface area contributed by atoms with Crippen LogP contribution >= 0.6 is 0 Å². The summed E-state index contributed by atoms with van der Waals surface area (Å²) in [6.45, 7) is 0. The maximum Gasteiger partial charge on any atom is 0.274 e. The van der Waals surface area contributed by atoms with Crippen molar-refractivity contribution in [2.45, 2.75) is 0 Å². The van der Waals surface area contributed by atoms with E-state index in [4.69, 9.17) is 4.42 Å². The molecule has 0 saturated heterocycles. The number of benzene rings is 1. The molecule has 4 heterocycles. The summed E-state index contributed by atoms with van der Waals surface area (Å²) < 4.78 is 6.64. The number of rotatable bonds is 3. The molecule has 0 atom stereocenters. The van der Waals surface area contributed by atoms with E-state index in [0.717, 1.165) is 11.1 Å². The van der Waals surface area contributed by atoms with Gasteiger partial charge in [-0.2, -0.15) is 9.61 Å². The smallest absolute Gasteiger partial charge is 0.274 e. The van der Waals surface area contributed by atoms with Gasteiger partial charge in [0.25, 0.3) is 5.56 Å². The van der Waals surface area contributed by atoms with Crippen LogP contribution in [0.2, 0.25) is 0 Å². The SMILES string of the molecule is O=c1cc(-c2ccc(-c3ncco3)cc2)[nH]c2cc(-c3ccccn3)nn12. The van der Waals surface area contributed by atoms with Crippen molar-refractivity contribution in [3.05, 3.63) is 83.6 Å². The van der Waals surface area contributed by atoms with Crippen LogP contribution in [0.3, 0.4) is 0 Å². The molecule has 7 nitrogen and oxygen atoms in total. The van der Waals surface area contributed by atoms with Gasteiger partial charge in [0.05, 0.1) is 17.6 Å². The molecule has 0 aliphatic rings. The number of aromatic nitrogens is 5. The first-order chi connectivity index (χ1) is 13.3. The number of H-pyrrole nitrogens is 1. The average molecular weight is 355 g/mol. The van der Waals surface area contributed by atoms with Crippen LogP contribution < -0.4 is 5.56 Å². The molecule has 0 saturated carbocycles. The zero-order valence-electron chi connectivity index (χ0n) is 14.0. The number of hydrogen-bond acceptors (Lipinski definition) is 5. The highest BCUT2D eigenvalue weighted by molar-refractivity contribution is 5.67. The number of hydrogen-bond donors (Lipinski definition) is 1. The first-order valence-corrected chi connectivity index (χ1v) is 8.33. The van der Waals surface area contributed by atoms with E-state index >= 15 is 0 Å². The van der Waals surface area contributed by atoms with Gasteiger partial charge in [0.15, 0.2) is 0 Å². The lowest BCUT2D eigenvalue weighted by Gasteiger charge is -2.03. The van der Waals surface area contributed by atoms with Gasteiger partial charge in [0, 0.05) is 23.9 Å². The van der Waals surface area contributed by atoms with E-state index in [1.165, 1.54) is 16.8 Å². The lowest BCUT2D eigenvalue weighted by atomic mass is 10.1. The summed E-state index contributed by atoms with van der Waals surface area (Å²) in [5, 5.41) is 4.35. The van der Waals surface area contributed by atoms with Crippen LogP contribution in [0.25, 0.3) is 39.7 Å². The Balaban J connectivity index is 1.57. The van der Waals surface area contributed by atoms with Crippen molar-refractivity contribution >= 4 is 5.65 Å². The largest absolute Gasteiger partial charge is 0.445 e. The highest BCUT2D eigenvalue weighted by Crippen LogP contribution is 2.23. The normalized spacial score (nSPS) is 11.1. The third-order valence-corrected chi connectivity index (χ3v) is 4.25. The van der Waals surface area contributed by atoms with E-state index in [-0.39, 0.29) is 5.56 Å². The summed E-state index contributed by atoms with van der Waals surface area (Å²) in [5.41, 5.74) is 4.21. The molecule has 5 aromatic rings. The second kappa shape index (κ2) is 6.06. The molecular weight excluding hydrogens is 342 g/mol. The first kappa shape index (κ1) is 15.3. The van der Waals surface area contributed by atoms with Crippen molar-refractivity contribution in [2.24, 2.45) is 0 Å². The van der Waals surface area contributed by atoms with E-state index < -0.39 is 0 Å². The second-order valence-corrected chi connectivity index (χ2v) is 5.98. The van der Waals surface area contributed by atoms with Crippen molar-refractivity contribution in [1.82, 2.24) is 24.6 Å². The fourth-order valence-electron chi connectivity index (χ4n) is 2.95. The topological polar surface area (TPSA) is 89.1 Å². The average Bonchev–Trinajstić information content (AvgIpc) is 3.39. The van der Waals surface area contributed by atoms with Crippen LogP contribution in [0.4, 0.5) is 0 Å². The van der Waals surface area contributed by atoms with Gasteiger partial charge in [-0.25, -0.2) is 4.98 Å². The molecule has 5 rings (SSSR count). The van der Waals surface area contributed by atoms with Crippen LogP contribution in [-0.2, 0) is 0 Å². The Bertz CT molecular complexity index is 1270. The van der Waals surface area contributed by atoms with Gasteiger partial charge >= 0.3 is 0 Å². The van der Waals surface area contributed by atoms with E-state index in [1.54, 1.807) is 12.4 Å². The Morgan fingerprint density at radius 1 is 0.889 bits per heavy atom. The summed E-state index contributed by atoms with van der Waals surface area (Å²) in [6.07, 6.45) is 4.84. The molecule has 0 amide bonds. The summed E-state index contributed by atoms with van der Waals surface area (Å²) in [6, 6.07) is 16.6. The van der Waals surface area contributed by atoms with Crippen molar-refractivity contribution in [3.63, 3.8) is 0 Å². The molecule has 4 aromatic heterocycles. The predicted molar refractivity (Wildman–Crippen MR) is 100.0 cm³/mol. The summed E-state index contributed by atoms with van der Waals surface area (Å²) >= 11 is 0. The van der Waals surface area contributed by atoms with Gasteiger partial charge in [0.2, 0.25) is 5.89 Å². The summed E-state index contributed by atoms with van der Waals surface area (Å²) in [5.74, 6) is 0.557. The van der Waals surface area contributed by atoms with Crippen molar-refractivity contribution in [2.75, 3.05) is 0 Å².